The lowest BCUT2D eigenvalue weighted by atomic mass is 9.86. The van der Waals surface area contributed by atoms with Gasteiger partial charge in [-0.2, -0.15) is 0 Å². The summed E-state index contributed by atoms with van der Waals surface area (Å²) in [6, 6.07) is 6.40. The highest BCUT2D eigenvalue weighted by Crippen LogP contribution is 2.48. The van der Waals surface area contributed by atoms with E-state index in [1.165, 1.54) is 24.8 Å². The van der Waals surface area contributed by atoms with Gasteiger partial charge in [0.2, 0.25) is 0 Å². The summed E-state index contributed by atoms with van der Waals surface area (Å²) in [7, 11) is 4.31. The predicted octanol–water partition coefficient (Wildman–Crippen LogP) is 3.48. The third-order valence-electron chi connectivity index (χ3n) is 4.31. The lowest BCUT2D eigenvalue weighted by Gasteiger charge is -2.32. The first-order valence-corrected chi connectivity index (χ1v) is 7.50. The molecular weight excluding hydrogens is 290 g/mol. The van der Waals surface area contributed by atoms with Gasteiger partial charge >= 0.3 is 0 Å². The molecule has 18 heavy (non-hydrogen) atoms. The molecule has 1 heterocycles. The van der Waals surface area contributed by atoms with Gasteiger partial charge in [0.1, 0.15) is 11.4 Å². The molecule has 0 aromatic heterocycles. The summed E-state index contributed by atoms with van der Waals surface area (Å²) in [5, 5.41) is 0. The monoisotopic (exact) mass is 309 g/mol. The van der Waals surface area contributed by atoms with Crippen LogP contribution in [0.5, 0.6) is 5.75 Å². The molecule has 1 aromatic rings. The molecule has 98 valence electrons. The van der Waals surface area contributed by atoms with Crippen LogP contribution in [0.4, 0.5) is 0 Å². The first kappa shape index (κ1) is 12.5. The summed E-state index contributed by atoms with van der Waals surface area (Å²) < 4.78 is 7.53. The van der Waals surface area contributed by atoms with Crippen molar-refractivity contribution in [2.24, 2.45) is 5.92 Å². The molecule has 0 amide bonds. The van der Waals surface area contributed by atoms with Gasteiger partial charge in [0.05, 0.1) is 0 Å². The van der Waals surface area contributed by atoms with Crippen LogP contribution < -0.4 is 4.74 Å². The van der Waals surface area contributed by atoms with Crippen molar-refractivity contribution in [3.8, 4) is 5.75 Å². The van der Waals surface area contributed by atoms with Gasteiger partial charge in [0, 0.05) is 23.4 Å². The maximum absolute atomic E-state index is 6.38. The van der Waals surface area contributed by atoms with Gasteiger partial charge in [-0.1, -0.05) is 15.9 Å². The highest BCUT2D eigenvalue weighted by Gasteiger charge is 2.48. The molecule has 1 aliphatic heterocycles. The fourth-order valence-corrected chi connectivity index (χ4v) is 3.95. The number of benzene rings is 1. The minimum Gasteiger partial charge on any atom is -0.486 e. The largest absolute Gasteiger partial charge is 0.486 e. The maximum Gasteiger partial charge on any atom is 0.123 e. The van der Waals surface area contributed by atoms with Gasteiger partial charge in [-0.3, -0.25) is 0 Å². The molecule has 1 aliphatic carbocycles. The quantitative estimate of drug-likeness (QED) is 0.829. The van der Waals surface area contributed by atoms with Crippen molar-refractivity contribution >= 4 is 15.9 Å². The lowest BCUT2D eigenvalue weighted by Crippen LogP contribution is -2.42. The summed E-state index contributed by atoms with van der Waals surface area (Å²) >= 11 is 3.55. The number of nitrogens with zero attached hydrogens (tertiary/aromatic N) is 1. The van der Waals surface area contributed by atoms with Gasteiger partial charge in [-0.15, -0.1) is 0 Å². The first-order chi connectivity index (χ1) is 8.59. The van der Waals surface area contributed by atoms with Crippen LogP contribution in [0, 0.1) is 5.92 Å². The van der Waals surface area contributed by atoms with Crippen molar-refractivity contribution in [2.75, 3.05) is 20.6 Å². The van der Waals surface area contributed by atoms with Gasteiger partial charge in [0.15, 0.2) is 0 Å². The average Bonchev–Trinajstić information content (AvgIpc) is 2.83. The van der Waals surface area contributed by atoms with Crippen molar-refractivity contribution in [3.63, 3.8) is 0 Å². The minimum atomic E-state index is 0.0768. The number of hydrogen-bond acceptors (Lipinski definition) is 2. The Hall–Kier alpha value is -0.540. The van der Waals surface area contributed by atoms with E-state index >= 15 is 0 Å². The zero-order valence-corrected chi connectivity index (χ0v) is 12.7. The molecular formula is C15H20BrNO. The van der Waals surface area contributed by atoms with E-state index in [-0.39, 0.29) is 5.60 Å². The standard InChI is InChI=1S/C15H20BrNO/c1-17(2)10-12-4-3-7-15(12)9-11-8-13(16)5-6-14(11)18-15/h5-6,8,12H,3-4,7,9-10H2,1-2H3/t12-,15+/m1/s1. The van der Waals surface area contributed by atoms with Crippen molar-refractivity contribution in [1.29, 1.82) is 0 Å². The normalized spacial score (nSPS) is 29.9. The molecule has 0 unspecified atom stereocenters. The Morgan fingerprint density at radius 1 is 1.44 bits per heavy atom. The topological polar surface area (TPSA) is 12.5 Å². The zero-order chi connectivity index (χ0) is 12.8. The molecule has 1 spiro atoms. The Labute approximate surface area is 117 Å². The Morgan fingerprint density at radius 3 is 3.06 bits per heavy atom. The highest BCUT2D eigenvalue weighted by molar-refractivity contribution is 9.10. The Kier molecular flexibility index (Phi) is 3.15. The van der Waals surface area contributed by atoms with Gasteiger partial charge in [-0.25, -0.2) is 0 Å². The molecule has 2 atom stereocenters. The zero-order valence-electron chi connectivity index (χ0n) is 11.1. The lowest BCUT2D eigenvalue weighted by molar-refractivity contribution is 0.0408. The second-order valence-electron chi connectivity index (χ2n) is 5.95. The number of hydrogen-bond donors (Lipinski definition) is 0. The van der Waals surface area contributed by atoms with Crippen LogP contribution in [0.3, 0.4) is 0 Å². The predicted molar refractivity (Wildman–Crippen MR) is 77.1 cm³/mol. The SMILES string of the molecule is CN(C)C[C@H]1CCC[C@]12Cc1cc(Br)ccc1O2. The molecule has 3 rings (SSSR count). The van der Waals surface area contributed by atoms with Crippen LogP contribution >= 0.6 is 15.9 Å². The summed E-state index contributed by atoms with van der Waals surface area (Å²) in [6.07, 6.45) is 4.89. The Morgan fingerprint density at radius 2 is 2.28 bits per heavy atom. The average molecular weight is 310 g/mol. The summed E-state index contributed by atoms with van der Waals surface area (Å²) in [5.41, 5.74) is 1.45. The van der Waals surface area contributed by atoms with Crippen molar-refractivity contribution < 1.29 is 4.74 Å². The fourth-order valence-electron chi connectivity index (χ4n) is 3.54. The Bertz CT molecular complexity index is 460. The molecule has 1 fully saturated rings. The third kappa shape index (κ3) is 2.08. The van der Waals surface area contributed by atoms with Gasteiger partial charge in [0.25, 0.3) is 0 Å². The fraction of sp³-hybridized carbons (Fsp3) is 0.600. The number of fused-ring (bicyclic) bond motifs is 1. The van der Waals surface area contributed by atoms with E-state index in [4.69, 9.17) is 4.74 Å². The van der Waals surface area contributed by atoms with Crippen molar-refractivity contribution in [2.45, 2.75) is 31.3 Å². The molecule has 0 radical (unpaired) electrons. The van der Waals surface area contributed by atoms with Crippen LogP contribution in [0.2, 0.25) is 0 Å². The summed E-state index contributed by atoms with van der Waals surface area (Å²) in [4.78, 5) is 2.29. The molecule has 1 saturated carbocycles. The van der Waals surface area contributed by atoms with Crippen LogP contribution in [-0.2, 0) is 6.42 Å². The Balaban J connectivity index is 1.86. The molecule has 0 saturated heterocycles. The van der Waals surface area contributed by atoms with Crippen LogP contribution in [0.1, 0.15) is 24.8 Å². The smallest absolute Gasteiger partial charge is 0.123 e. The number of rotatable bonds is 2. The van der Waals surface area contributed by atoms with Crippen LogP contribution in [0.25, 0.3) is 0 Å². The molecule has 0 bridgehead atoms. The van der Waals surface area contributed by atoms with E-state index in [1.807, 2.05) is 0 Å². The second kappa shape index (κ2) is 4.53. The summed E-state index contributed by atoms with van der Waals surface area (Å²) in [6.45, 7) is 1.13. The van der Waals surface area contributed by atoms with E-state index in [2.05, 4.69) is 53.1 Å². The molecule has 2 aliphatic rings. The van der Waals surface area contributed by atoms with E-state index in [1.54, 1.807) is 0 Å². The van der Waals surface area contributed by atoms with Crippen molar-refractivity contribution in [3.05, 3.63) is 28.2 Å². The minimum absolute atomic E-state index is 0.0768. The first-order valence-electron chi connectivity index (χ1n) is 6.71. The maximum atomic E-state index is 6.38. The molecule has 3 heteroatoms. The van der Waals surface area contributed by atoms with E-state index in [0.29, 0.717) is 5.92 Å². The number of halogens is 1. The van der Waals surface area contributed by atoms with E-state index in [9.17, 15) is 0 Å². The van der Waals surface area contributed by atoms with E-state index in [0.717, 1.165) is 23.2 Å². The summed E-state index contributed by atoms with van der Waals surface area (Å²) in [5.74, 6) is 1.77. The highest BCUT2D eigenvalue weighted by atomic mass is 79.9. The second-order valence-corrected chi connectivity index (χ2v) is 6.86. The molecule has 2 nitrogen and oxygen atoms in total. The molecule has 0 N–H and O–H groups in total. The third-order valence-corrected chi connectivity index (χ3v) is 4.80. The van der Waals surface area contributed by atoms with Crippen LogP contribution in [-0.4, -0.2) is 31.1 Å². The molecule has 1 aromatic carbocycles. The number of ether oxygens (including phenoxy) is 1. The van der Waals surface area contributed by atoms with Crippen LogP contribution in [0.15, 0.2) is 22.7 Å². The van der Waals surface area contributed by atoms with Crippen molar-refractivity contribution in [1.82, 2.24) is 4.90 Å². The van der Waals surface area contributed by atoms with Gasteiger partial charge < -0.3 is 9.64 Å². The van der Waals surface area contributed by atoms with E-state index < -0.39 is 0 Å². The van der Waals surface area contributed by atoms with Gasteiger partial charge in [-0.05, 0) is 57.1 Å².